The first-order chi connectivity index (χ1) is 11.9. The van der Waals surface area contributed by atoms with Gasteiger partial charge in [0.1, 0.15) is 5.75 Å². The number of rotatable bonds is 6. The first-order valence-electron chi connectivity index (χ1n) is 9.06. The minimum absolute atomic E-state index is 0.153. The Morgan fingerprint density at radius 1 is 1.24 bits per heavy atom. The molecule has 1 aromatic rings. The number of nitrogens with one attached hydrogen (secondary N) is 1. The molecule has 2 rings (SSSR count). The molecule has 0 aliphatic heterocycles. The largest absolute Gasteiger partial charge is 0.482 e. The van der Waals surface area contributed by atoms with Gasteiger partial charge in [0, 0.05) is 6.04 Å². The van der Waals surface area contributed by atoms with Crippen molar-refractivity contribution in [3.05, 3.63) is 29.8 Å². The van der Waals surface area contributed by atoms with Crippen molar-refractivity contribution in [2.75, 3.05) is 6.61 Å². The second kappa shape index (κ2) is 8.88. The third kappa shape index (κ3) is 5.48. The second-order valence-electron chi connectivity index (χ2n) is 7.07. The molecule has 1 amide bonds. The Morgan fingerprint density at radius 3 is 2.68 bits per heavy atom. The molecule has 1 aliphatic carbocycles. The van der Waals surface area contributed by atoms with Gasteiger partial charge in [0.25, 0.3) is 5.91 Å². The number of ether oxygens (including phenoxy) is 2. The molecule has 0 radical (unpaired) electrons. The number of para-hydroxylation sites is 1. The van der Waals surface area contributed by atoms with Crippen LogP contribution in [0.1, 0.15) is 45.6 Å². The van der Waals surface area contributed by atoms with Crippen LogP contribution in [0.3, 0.4) is 0 Å². The van der Waals surface area contributed by atoms with Crippen LogP contribution in [-0.2, 0) is 14.3 Å². The van der Waals surface area contributed by atoms with Crippen LogP contribution in [0.4, 0.5) is 0 Å². The predicted molar refractivity (Wildman–Crippen MR) is 96.3 cm³/mol. The topological polar surface area (TPSA) is 64.6 Å². The molecule has 1 N–H and O–H groups in total. The summed E-state index contributed by atoms with van der Waals surface area (Å²) in [5, 5.41) is 3.03. The lowest BCUT2D eigenvalue weighted by Crippen LogP contribution is -2.47. The van der Waals surface area contributed by atoms with Gasteiger partial charge in [-0.15, -0.1) is 0 Å². The summed E-state index contributed by atoms with van der Waals surface area (Å²) in [5.41, 5.74) is 0.946. The monoisotopic (exact) mass is 347 g/mol. The number of esters is 1. The molecule has 1 aliphatic rings. The standard InChI is InChI=1S/C20H29NO4/c1-13-9-7-10-17(15(13)3)21-20(23)16(4)25-19(22)12-24-18-11-6-5-8-14(18)2/h5-6,8,11,13,15-17H,7,9-10,12H2,1-4H3,(H,21,23)/t13-,15-,16+,17-/m0/s1. The van der Waals surface area contributed by atoms with E-state index in [1.54, 1.807) is 13.0 Å². The Kier molecular flexibility index (Phi) is 6.85. The fourth-order valence-corrected chi connectivity index (χ4v) is 3.23. The van der Waals surface area contributed by atoms with Crippen molar-refractivity contribution >= 4 is 11.9 Å². The Balaban J connectivity index is 1.78. The molecule has 5 nitrogen and oxygen atoms in total. The molecular formula is C20H29NO4. The average Bonchev–Trinajstić information content (AvgIpc) is 2.58. The number of amides is 1. The SMILES string of the molecule is Cc1ccccc1OCC(=O)O[C@H](C)C(=O)N[C@H]1CCC[C@H](C)[C@@H]1C. The average molecular weight is 347 g/mol. The number of carbonyl (C=O) groups is 2. The summed E-state index contributed by atoms with van der Waals surface area (Å²) < 4.78 is 10.7. The highest BCUT2D eigenvalue weighted by atomic mass is 16.6. The van der Waals surface area contributed by atoms with Gasteiger partial charge in [-0.3, -0.25) is 4.79 Å². The Hall–Kier alpha value is -2.04. The second-order valence-corrected chi connectivity index (χ2v) is 7.07. The summed E-state index contributed by atoms with van der Waals surface area (Å²) in [4.78, 5) is 24.2. The van der Waals surface area contributed by atoms with E-state index in [-0.39, 0.29) is 18.6 Å². The Labute approximate surface area is 150 Å². The zero-order chi connectivity index (χ0) is 18.4. The van der Waals surface area contributed by atoms with Crippen molar-refractivity contribution in [2.24, 2.45) is 11.8 Å². The smallest absolute Gasteiger partial charge is 0.344 e. The number of benzene rings is 1. The molecule has 1 aromatic carbocycles. The van der Waals surface area contributed by atoms with E-state index in [9.17, 15) is 9.59 Å². The highest BCUT2D eigenvalue weighted by molar-refractivity contribution is 5.83. The molecule has 4 atom stereocenters. The molecule has 5 heteroatoms. The van der Waals surface area contributed by atoms with Gasteiger partial charge in [0.05, 0.1) is 0 Å². The fourth-order valence-electron chi connectivity index (χ4n) is 3.23. The summed E-state index contributed by atoms with van der Waals surface area (Å²) in [6.45, 7) is 7.68. The molecular weight excluding hydrogens is 318 g/mol. The minimum Gasteiger partial charge on any atom is -0.482 e. The van der Waals surface area contributed by atoms with Crippen LogP contribution in [0.2, 0.25) is 0 Å². The molecule has 0 unspecified atom stereocenters. The quantitative estimate of drug-likeness (QED) is 0.802. The lowest BCUT2D eigenvalue weighted by Gasteiger charge is -2.35. The highest BCUT2D eigenvalue weighted by Gasteiger charge is 2.30. The van der Waals surface area contributed by atoms with Crippen LogP contribution in [0, 0.1) is 18.8 Å². The van der Waals surface area contributed by atoms with E-state index >= 15 is 0 Å². The molecule has 0 spiro atoms. The number of hydrogen-bond acceptors (Lipinski definition) is 4. The van der Waals surface area contributed by atoms with Crippen LogP contribution >= 0.6 is 0 Å². The normalized spacial score (nSPS) is 24.2. The molecule has 0 heterocycles. The van der Waals surface area contributed by atoms with Crippen LogP contribution in [0.5, 0.6) is 5.75 Å². The van der Waals surface area contributed by atoms with Crippen molar-refractivity contribution < 1.29 is 19.1 Å². The van der Waals surface area contributed by atoms with Crippen LogP contribution in [-0.4, -0.2) is 30.6 Å². The molecule has 25 heavy (non-hydrogen) atoms. The van der Waals surface area contributed by atoms with Gasteiger partial charge in [-0.25, -0.2) is 4.79 Å². The number of hydrogen-bond donors (Lipinski definition) is 1. The molecule has 1 saturated carbocycles. The molecule has 0 aromatic heterocycles. The zero-order valence-electron chi connectivity index (χ0n) is 15.6. The van der Waals surface area contributed by atoms with Crippen LogP contribution < -0.4 is 10.1 Å². The van der Waals surface area contributed by atoms with Gasteiger partial charge in [-0.05, 0) is 43.7 Å². The maximum atomic E-state index is 12.3. The van der Waals surface area contributed by atoms with E-state index < -0.39 is 12.1 Å². The van der Waals surface area contributed by atoms with Crippen LogP contribution in [0.15, 0.2) is 24.3 Å². The summed E-state index contributed by atoms with van der Waals surface area (Å²) in [7, 11) is 0. The maximum absolute atomic E-state index is 12.3. The summed E-state index contributed by atoms with van der Waals surface area (Å²) >= 11 is 0. The van der Waals surface area contributed by atoms with E-state index in [2.05, 4.69) is 19.2 Å². The van der Waals surface area contributed by atoms with Crippen molar-refractivity contribution in [3.63, 3.8) is 0 Å². The summed E-state index contributed by atoms with van der Waals surface area (Å²) in [6.07, 6.45) is 2.48. The Bertz CT molecular complexity index is 601. The number of carbonyl (C=O) groups excluding carboxylic acids is 2. The third-order valence-electron chi connectivity index (χ3n) is 5.15. The van der Waals surface area contributed by atoms with E-state index in [0.29, 0.717) is 17.6 Å². The van der Waals surface area contributed by atoms with E-state index in [4.69, 9.17) is 9.47 Å². The van der Waals surface area contributed by atoms with Gasteiger partial charge < -0.3 is 14.8 Å². The van der Waals surface area contributed by atoms with Gasteiger partial charge in [0.2, 0.25) is 0 Å². The summed E-state index contributed by atoms with van der Waals surface area (Å²) in [5.74, 6) is 0.886. The van der Waals surface area contributed by atoms with E-state index in [1.165, 1.54) is 6.42 Å². The molecule has 138 valence electrons. The molecule has 0 saturated heterocycles. The maximum Gasteiger partial charge on any atom is 0.344 e. The number of aryl methyl sites for hydroxylation is 1. The van der Waals surface area contributed by atoms with Gasteiger partial charge in [-0.1, -0.05) is 44.9 Å². The molecule has 1 fully saturated rings. The van der Waals surface area contributed by atoms with Gasteiger partial charge >= 0.3 is 5.97 Å². The fraction of sp³-hybridized carbons (Fsp3) is 0.600. The summed E-state index contributed by atoms with van der Waals surface area (Å²) in [6, 6.07) is 7.60. The lowest BCUT2D eigenvalue weighted by molar-refractivity contribution is -0.157. The lowest BCUT2D eigenvalue weighted by atomic mass is 9.78. The van der Waals surface area contributed by atoms with Crippen molar-refractivity contribution in [3.8, 4) is 5.75 Å². The van der Waals surface area contributed by atoms with E-state index in [0.717, 1.165) is 18.4 Å². The first-order valence-corrected chi connectivity index (χ1v) is 9.06. The Morgan fingerprint density at radius 2 is 1.96 bits per heavy atom. The van der Waals surface area contributed by atoms with Gasteiger partial charge in [0.15, 0.2) is 12.7 Å². The van der Waals surface area contributed by atoms with E-state index in [1.807, 2.05) is 25.1 Å². The third-order valence-corrected chi connectivity index (χ3v) is 5.15. The highest BCUT2D eigenvalue weighted by Crippen LogP contribution is 2.29. The first kappa shape index (κ1) is 19.3. The zero-order valence-corrected chi connectivity index (χ0v) is 15.6. The van der Waals surface area contributed by atoms with Crippen LogP contribution in [0.25, 0.3) is 0 Å². The minimum atomic E-state index is -0.822. The predicted octanol–water partition coefficient (Wildman–Crippen LogP) is 3.25. The van der Waals surface area contributed by atoms with Crippen molar-refractivity contribution in [1.82, 2.24) is 5.32 Å². The van der Waals surface area contributed by atoms with Crippen molar-refractivity contribution in [1.29, 1.82) is 0 Å². The molecule has 0 bridgehead atoms. The van der Waals surface area contributed by atoms with Crippen molar-refractivity contribution in [2.45, 2.75) is 59.1 Å². The van der Waals surface area contributed by atoms with Gasteiger partial charge in [-0.2, -0.15) is 0 Å².